The molecule has 0 saturated carbocycles. The summed E-state index contributed by atoms with van der Waals surface area (Å²) >= 11 is 0. The van der Waals surface area contributed by atoms with E-state index in [2.05, 4.69) is 37.4 Å². The van der Waals surface area contributed by atoms with Gasteiger partial charge in [-0.3, -0.25) is 4.79 Å². The molecule has 0 heterocycles. The zero-order valence-electron chi connectivity index (χ0n) is 13.6. The van der Waals surface area contributed by atoms with Crippen LogP contribution in [0.4, 0.5) is 0 Å². The summed E-state index contributed by atoms with van der Waals surface area (Å²) in [5.41, 5.74) is 4.17. The fourth-order valence-electron chi connectivity index (χ4n) is 2.45. The van der Waals surface area contributed by atoms with E-state index in [1.165, 1.54) is 11.1 Å². The second kappa shape index (κ2) is 7.12. The van der Waals surface area contributed by atoms with Crippen molar-refractivity contribution in [1.82, 2.24) is 5.32 Å². The normalized spacial score (nSPS) is 11.8. The van der Waals surface area contributed by atoms with E-state index in [1.807, 2.05) is 26.0 Å². The molecule has 2 aromatic carbocycles. The molecule has 22 heavy (non-hydrogen) atoms. The molecule has 0 spiro atoms. The van der Waals surface area contributed by atoms with Crippen LogP contribution in [0, 0.1) is 13.8 Å². The third-order valence-corrected chi connectivity index (χ3v) is 3.68. The molecule has 2 rings (SSSR count). The van der Waals surface area contributed by atoms with Gasteiger partial charge in [-0.15, -0.1) is 0 Å². The second-order valence-electron chi connectivity index (χ2n) is 5.51. The molecule has 0 unspecified atom stereocenters. The molecule has 1 atom stereocenters. The van der Waals surface area contributed by atoms with Crippen molar-refractivity contribution >= 4 is 5.91 Å². The zero-order chi connectivity index (χ0) is 16.1. The summed E-state index contributed by atoms with van der Waals surface area (Å²) in [6.07, 6.45) is 0. The molecule has 0 bridgehead atoms. The lowest BCUT2D eigenvalue weighted by Crippen LogP contribution is -2.27. The molecule has 0 aliphatic carbocycles. The Morgan fingerprint density at radius 2 is 1.82 bits per heavy atom. The number of ether oxygens (including phenoxy) is 1. The Hall–Kier alpha value is -2.29. The Bertz CT molecular complexity index is 647. The predicted molar refractivity (Wildman–Crippen MR) is 89.4 cm³/mol. The van der Waals surface area contributed by atoms with E-state index in [1.54, 1.807) is 12.1 Å². The Labute approximate surface area is 132 Å². The highest BCUT2D eigenvalue weighted by molar-refractivity contribution is 5.94. The van der Waals surface area contributed by atoms with E-state index < -0.39 is 0 Å². The van der Waals surface area contributed by atoms with Crippen molar-refractivity contribution in [3.8, 4) is 5.75 Å². The van der Waals surface area contributed by atoms with Gasteiger partial charge in [0.15, 0.2) is 0 Å². The van der Waals surface area contributed by atoms with Gasteiger partial charge in [-0.1, -0.05) is 23.8 Å². The zero-order valence-corrected chi connectivity index (χ0v) is 13.6. The van der Waals surface area contributed by atoms with Crippen LogP contribution in [0.3, 0.4) is 0 Å². The van der Waals surface area contributed by atoms with Gasteiger partial charge in [-0.25, -0.2) is 0 Å². The summed E-state index contributed by atoms with van der Waals surface area (Å²) in [6, 6.07) is 13.5. The van der Waals surface area contributed by atoms with E-state index in [0.717, 1.165) is 11.3 Å². The quantitative estimate of drug-likeness (QED) is 0.898. The first-order chi connectivity index (χ1) is 10.5. The summed E-state index contributed by atoms with van der Waals surface area (Å²) in [5, 5.41) is 3.05. The molecular weight excluding hydrogens is 274 g/mol. The third-order valence-electron chi connectivity index (χ3n) is 3.68. The van der Waals surface area contributed by atoms with Gasteiger partial charge in [-0.05, 0) is 63.1 Å². The van der Waals surface area contributed by atoms with Crippen molar-refractivity contribution in [2.75, 3.05) is 6.61 Å². The smallest absolute Gasteiger partial charge is 0.251 e. The molecule has 3 nitrogen and oxygen atoms in total. The molecule has 1 N–H and O–H groups in total. The van der Waals surface area contributed by atoms with E-state index in [-0.39, 0.29) is 11.9 Å². The number of benzene rings is 2. The fraction of sp³-hybridized carbons (Fsp3) is 0.316. The average Bonchev–Trinajstić information content (AvgIpc) is 2.50. The van der Waals surface area contributed by atoms with Gasteiger partial charge in [0.1, 0.15) is 5.75 Å². The second-order valence-corrected chi connectivity index (χ2v) is 5.51. The summed E-state index contributed by atoms with van der Waals surface area (Å²) in [4.78, 5) is 12.3. The summed E-state index contributed by atoms with van der Waals surface area (Å²) in [6.45, 7) is 8.69. The van der Waals surface area contributed by atoms with Crippen molar-refractivity contribution in [2.45, 2.75) is 33.7 Å². The minimum absolute atomic E-state index is 0.0287. The number of carbonyl (C=O) groups is 1. The molecule has 0 aliphatic heterocycles. The summed E-state index contributed by atoms with van der Waals surface area (Å²) in [7, 11) is 0. The van der Waals surface area contributed by atoms with Crippen molar-refractivity contribution in [3.63, 3.8) is 0 Å². The monoisotopic (exact) mass is 297 g/mol. The van der Waals surface area contributed by atoms with Crippen molar-refractivity contribution in [2.24, 2.45) is 0 Å². The lowest BCUT2D eigenvalue weighted by molar-refractivity contribution is 0.0940. The molecule has 0 radical (unpaired) electrons. The maximum Gasteiger partial charge on any atom is 0.251 e. The van der Waals surface area contributed by atoms with Gasteiger partial charge in [0.25, 0.3) is 5.91 Å². The fourth-order valence-corrected chi connectivity index (χ4v) is 2.45. The predicted octanol–water partition coefficient (Wildman–Crippen LogP) is 4.19. The van der Waals surface area contributed by atoms with Crippen molar-refractivity contribution < 1.29 is 9.53 Å². The maximum absolute atomic E-state index is 12.3. The first-order valence-electron chi connectivity index (χ1n) is 7.62. The number of amides is 1. The first-order valence-corrected chi connectivity index (χ1v) is 7.62. The Balaban J connectivity index is 2.09. The van der Waals surface area contributed by atoms with Gasteiger partial charge in [0, 0.05) is 5.56 Å². The Kier molecular flexibility index (Phi) is 5.21. The molecule has 0 fully saturated rings. The molecular formula is C19H23NO2. The lowest BCUT2D eigenvalue weighted by atomic mass is 10.00. The van der Waals surface area contributed by atoms with Gasteiger partial charge in [0.05, 0.1) is 12.6 Å². The van der Waals surface area contributed by atoms with Crippen LogP contribution in [0.5, 0.6) is 5.75 Å². The van der Waals surface area contributed by atoms with Gasteiger partial charge >= 0.3 is 0 Å². The minimum atomic E-state index is -0.0727. The minimum Gasteiger partial charge on any atom is -0.494 e. The molecule has 0 saturated heterocycles. The van der Waals surface area contributed by atoms with E-state index in [4.69, 9.17) is 4.74 Å². The summed E-state index contributed by atoms with van der Waals surface area (Å²) < 4.78 is 5.39. The SMILES string of the molecule is CCOc1ccc(C(=O)N[C@H](C)c2cc(C)ccc2C)cc1. The molecule has 3 heteroatoms. The van der Waals surface area contributed by atoms with Crippen LogP contribution in [0.1, 0.15) is 46.9 Å². The van der Waals surface area contributed by atoms with Crippen LogP contribution >= 0.6 is 0 Å². The van der Waals surface area contributed by atoms with Crippen LogP contribution in [0.15, 0.2) is 42.5 Å². The van der Waals surface area contributed by atoms with E-state index in [9.17, 15) is 4.79 Å². The number of carbonyl (C=O) groups excluding carboxylic acids is 1. The summed E-state index contributed by atoms with van der Waals surface area (Å²) in [5.74, 6) is 0.707. The number of aryl methyl sites for hydroxylation is 2. The van der Waals surface area contributed by atoms with Crippen LogP contribution in [-0.2, 0) is 0 Å². The molecule has 116 valence electrons. The van der Waals surface area contributed by atoms with E-state index in [0.29, 0.717) is 12.2 Å². The molecule has 0 aromatic heterocycles. The van der Waals surface area contributed by atoms with Crippen molar-refractivity contribution in [1.29, 1.82) is 0 Å². The molecule has 2 aromatic rings. The highest BCUT2D eigenvalue weighted by Crippen LogP contribution is 2.20. The standard InChI is InChI=1S/C19H23NO2/c1-5-22-17-10-8-16(9-11-17)19(21)20-15(4)18-12-13(2)6-7-14(18)3/h6-12,15H,5H2,1-4H3,(H,20,21)/t15-/m1/s1. The number of rotatable bonds is 5. The van der Waals surface area contributed by atoms with Gasteiger partial charge < -0.3 is 10.1 Å². The largest absolute Gasteiger partial charge is 0.494 e. The van der Waals surface area contributed by atoms with Crippen LogP contribution in [0.25, 0.3) is 0 Å². The van der Waals surface area contributed by atoms with Crippen LogP contribution < -0.4 is 10.1 Å². The first kappa shape index (κ1) is 16.1. The number of hydrogen-bond donors (Lipinski definition) is 1. The highest BCUT2D eigenvalue weighted by atomic mass is 16.5. The number of hydrogen-bond acceptors (Lipinski definition) is 2. The van der Waals surface area contributed by atoms with Gasteiger partial charge in [-0.2, -0.15) is 0 Å². The van der Waals surface area contributed by atoms with Crippen LogP contribution in [0.2, 0.25) is 0 Å². The Morgan fingerprint density at radius 3 is 2.45 bits per heavy atom. The average molecular weight is 297 g/mol. The third kappa shape index (κ3) is 3.88. The highest BCUT2D eigenvalue weighted by Gasteiger charge is 2.13. The number of nitrogens with one attached hydrogen (secondary N) is 1. The Morgan fingerprint density at radius 1 is 1.14 bits per heavy atom. The van der Waals surface area contributed by atoms with Crippen molar-refractivity contribution in [3.05, 3.63) is 64.7 Å². The maximum atomic E-state index is 12.3. The van der Waals surface area contributed by atoms with Gasteiger partial charge in [0.2, 0.25) is 0 Å². The van der Waals surface area contributed by atoms with E-state index >= 15 is 0 Å². The molecule has 0 aliphatic rings. The lowest BCUT2D eigenvalue weighted by Gasteiger charge is -2.17. The van der Waals surface area contributed by atoms with Crippen LogP contribution in [-0.4, -0.2) is 12.5 Å². The molecule has 1 amide bonds. The topological polar surface area (TPSA) is 38.3 Å².